The smallest absolute Gasteiger partial charge is 0.303 e. The third kappa shape index (κ3) is 4.51. The highest BCUT2D eigenvalue weighted by atomic mass is 16.4. The molecule has 0 saturated carbocycles. The number of aliphatic carboxylic acids is 1. The van der Waals surface area contributed by atoms with Gasteiger partial charge in [-0.3, -0.25) is 19.6 Å². The maximum Gasteiger partial charge on any atom is 0.303 e. The van der Waals surface area contributed by atoms with Crippen molar-refractivity contribution in [2.24, 2.45) is 0 Å². The number of amides is 1. The van der Waals surface area contributed by atoms with E-state index in [1.165, 1.54) is 4.90 Å². The number of anilines is 1. The lowest BCUT2D eigenvalue weighted by Gasteiger charge is -2.42. The topological polar surface area (TPSA) is 107 Å². The van der Waals surface area contributed by atoms with Gasteiger partial charge in [-0.2, -0.15) is 0 Å². The van der Waals surface area contributed by atoms with Gasteiger partial charge in [0.05, 0.1) is 24.1 Å². The first-order valence-corrected chi connectivity index (χ1v) is 9.00. The van der Waals surface area contributed by atoms with Gasteiger partial charge in [0.15, 0.2) is 0 Å². The molecular weight excluding hydrogens is 348 g/mol. The molecule has 2 aromatic rings. The summed E-state index contributed by atoms with van der Waals surface area (Å²) in [5.74, 6) is -1.28. The highest BCUT2D eigenvalue weighted by Crippen LogP contribution is 2.30. The van der Waals surface area contributed by atoms with Crippen molar-refractivity contribution >= 4 is 28.5 Å². The zero-order valence-corrected chi connectivity index (χ0v) is 15.3. The van der Waals surface area contributed by atoms with Crippen LogP contribution in [0.4, 0.5) is 5.69 Å². The molecule has 0 radical (unpaired) electrons. The molecule has 2 aromatic heterocycles. The summed E-state index contributed by atoms with van der Waals surface area (Å²) in [5.41, 5.74) is 0.757. The van der Waals surface area contributed by atoms with E-state index < -0.39 is 11.6 Å². The van der Waals surface area contributed by atoms with E-state index in [0.29, 0.717) is 13.0 Å². The van der Waals surface area contributed by atoms with Crippen LogP contribution >= 0.6 is 0 Å². The van der Waals surface area contributed by atoms with Gasteiger partial charge in [-0.1, -0.05) is 0 Å². The number of piperidine rings is 1. The largest absolute Gasteiger partial charge is 0.481 e. The molecule has 144 valence electrons. The second-order valence-electron chi connectivity index (χ2n) is 7.12. The van der Waals surface area contributed by atoms with Crippen molar-refractivity contribution in [3.63, 3.8) is 0 Å². The molecule has 0 aromatic carbocycles. The number of likely N-dealkylation sites (N-methyl/N-ethyl adjacent to an activating group) is 1. The summed E-state index contributed by atoms with van der Waals surface area (Å²) in [6, 6.07) is 3.77. The molecule has 1 aliphatic rings. The van der Waals surface area contributed by atoms with Gasteiger partial charge in [0.2, 0.25) is 5.91 Å². The molecule has 1 amide bonds. The van der Waals surface area contributed by atoms with E-state index in [1.54, 1.807) is 25.6 Å². The average Bonchev–Trinajstić information content (AvgIpc) is 2.65. The monoisotopic (exact) mass is 372 g/mol. The number of hydrogen-bond donors (Lipinski definition) is 2. The lowest BCUT2D eigenvalue weighted by atomic mass is 9.91. The Hall–Kier alpha value is -2.74. The van der Waals surface area contributed by atoms with Gasteiger partial charge in [-0.05, 0) is 25.0 Å². The van der Waals surface area contributed by atoms with Crippen molar-refractivity contribution in [3.05, 3.63) is 30.7 Å². The average molecular weight is 372 g/mol. The first-order valence-electron chi connectivity index (χ1n) is 9.00. The van der Waals surface area contributed by atoms with E-state index in [9.17, 15) is 14.7 Å². The molecular formula is C19H24N4O4. The lowest BCUT2D eigenvalue weighted by Crippen LogP contribution is -2.54. The molecule has 1 saturated heterocycles. The highest BCUT2D eigenvalue weighted by molar-refractivity contribution is 5.90. The van der Waals surface area contributed by atoms with Crippen LogP contribution in [0.3, 0.4) is 0 Å². The maximum absolute atomic E-state index is 12.1. The summed E-state index contributed by atoms with van der Waals surface area (Å²) in [6.07, 6.45) is 6.32. The highest BCUT2D eigenvalue weighted by Gasteiger charge is 2.36. The van der Waals surface area contributed by atoms with Crippen LogP contribution in [0, 0.1) is 0 Å². The van der Waals surface area contributed by atoms with E-state index in [4.69, 9.17) is 5.11 Å². The van der Waals surface area contributed by atoms with Gasteiger partial charge in [-0.15, -0.1) is 0 Å². The molecule has 2 N–H and O–H groups in total. The van der Waals surface area contributed by atoms with E-state index in [1.807, 2.05) is 12.1 Å². The molecule has 0 aliphatic carbocycles. The van der Waals surface area contributed by atoms with E-state index >= 15 is 0 Å². The molecule has 3 heterocycles. The van der Waals surface area contributed by atoms with Crippen molar-refractivity contribution in [3.8, 4) is 0 Å². The number of carbonyl (C=O) groups excluding carboxylic acids is 1. The molecule has 1 atom stereocenters. The number of carboxylic acid groups (broad SMARTS) is 1. The van der Waals surface area contributed by atoms with Crippen molar-refractivity contribution in [1.29, 1.82) is 0 Å². The molecule has 27 heavy (non-hydrogen) atoms. The van der Waals surface area contributed by atoms with Crippen molar-refractivity contribution < 1.29 is 19.8 Å². The summed E-state index contributed by atoms with van der Waals surface area (Å²) in [4.78, 5) is 34.8. The Labute approximate surface area is 157 Å². The summed E-state index contributed by atoms with van der Waals surface area (Å²) < 4.78 is 0. The number of aromatic nitrogens is 2. The number of hydrogen-bond acceptors (Lipinski definition) is 6. The predicted octanol–water partition coefficient (Wildman–Crippen LogP) is 1.28. The number of fused-ring (bicyclic) bond motifs is 1. The minimum Gasteiger partial charge on any atom is -0.481 e. The molecule has 3 rings (SSSR count). The van der Waals surface area contributed by atoms with Crippen LogP contribution < -0.4 is 4.90 Å². The van der Waals surface area contributed by atoms with Crippen molar-refractivity contribution in [2.45, 2.75) is 31.3 Å². The number of aliphatic hydroxyl groups is 1. The van der Waals surface area contributed by atoms with Crippen LogP contribution in [0.5, 0.6) is 0 Å². The van der Waals surface area contributed by atoms with Crippen LogP contribution in [0.1, 0.15) is 25.7 Å². The van der Waals surface area contributed by atoms with Gasteiger partial charge < -0.3 is 20.0 Å². The minimum atomic E-state index is -1.05. The van der Waals surface area contributed by atoms with E-state index in [0.717, 1.165) is 29.6 Å². The van der Waals surface area contributed by atoms with Gasteiger partial charge in [0.25, 0.3) is 0 Å². The number of carbonyl (C=O) groups is 2. The fourth-order valence-corrected chi connectivity index (χ4v) is 3.63. The molecule has 1 unspecified atom stereocenters. The van der Waals surface area contributed by atoms with Crippen LogP contribution in [0.25, 0.3) is 10.9 Å². The molecule has 1 fully saturated rings. The van der Waals surface area contributed by atoms with E-state index in [2.05, 4.69) is 14.9 Å². The Balaban J connectivity index is 1.72. The summed E-state index contributed by atoms with van der Waals surface area (Å²) in [6.45, 7) is 1.35. The van der Waals surface area contributed by atoms with Gasteiger partial charge in [0.1, 0.15) is 0 Å². The van der Waals surface area contributed by atoms with Crippen LogP contribution in [-0.4, -0.2) is 69.2 Å². The maximum atomic E-state index is 12.1. The zero-order valence-electron chi connectivity index (χ0n) is 15.3. The first-order chi connectivity index (χ1) is 12.9. The third-order valence-electron chi connectivity index (χ3n) is 4.93. The molecule has 1 aliphatic heterocycles. The molecule has 8 nitrogen and oxygen atoms in total. The second-order valence-corrected chi connectivity index (χ2v) is 7.12. The fraction of sp³-hybridized carbons (Fsp3) is 0.474. The SMILES string of the molecule is CN(CC1(O)CCCN(c2ccnc3ccncc23)C1)C(=O)CCC(=O)O. The van der Waals surface area contributed by atoms with E-state index in [-0.39, 0.29) is 25.3 Å². The van der Waals surface area contributed by atoms with Crippen LogP contribution in [-0.2, 0) is 9.59 Å². The molecule has 8 heteroatoms. The van der Waals surface area contributed by atoms with Crippen molar-refractivity contribution in [2.75, 3.05) is 31.6 Å². The summed E-state index contributed by atoms with van der Waals surface area (Å²) >= 11 is 0. The number of rotatable bonds is 6. The third-order valence-corrected chi connectivity index (χ3v) is 4.93. The standard InChI is InChI=1S/C19H24N4O4/c1-22(17(24)3-4-18(25)26)12-19(27)7-2-10-23(13-19)16-6-9-21-15-5-8-20-11-14(15)16/h5-6,8-9,11,27H,2-4,7,10,12-13H2,1H3,(H,25,26). The van der Waals surface area contributed by atoms with Gasteiger partial charge >= 0.3 is 5.97 Å². The Bertz CT molecular complexity index is 838. The minimum absolute atomic E-state index is 0.0632. The number of β-amino-alcohol motifs (C(OH)–C–C–N with tert-alkyl or cyclic N) is 1. The second kappa shape index (κ2) is 7.87. The predicted molar refractivity (Wildman–Crippen MR) is 100 cm³/mol. The zero-order chi connectivity index (χ0) is 19.4. The Morgan fingerprint density at radius 2 is 2.11 bits per heavy atom. The van der Waals surface area contributed by atoms with Gasteiger partial charge in [0, 0.05) is 56.2 Å². The lowest BCUT2D eigenvalue weighted by molar-refractivity contribution is -0.141. The molecule has 0 bridgehead atoms. The summed E-state index contributed by atoms with van der Waals surface area (Å²) in [5, 5.41) is 20.7. The first kappa shape index (κ1) is 19.0. The van der Waals surface area contributed by atoms with Gasteiger partial charge in [-0.25, -0.2) is 0 Å². The fourth-order valence-electron chi connectivity index (χ4n) is 3.63. The normalized spacial score (nSPS) is 19.9. The van der Waals surface area contributed by atoms with Crippen molar-refractivity contribution in [1.82, 2.24) is 14.9 Å². The Morgan fingerprint density at radius 1 is 1.30 bits per heavy atom. The quantitative estimate of drug-likeness (QED) is 0.787. The Morgan fingerprint density at radius 3 is 2.89 bits per heavy atom. The van der Waals surface area contributed by atoms with Crippen LogP contribution in [0.15, 0.2) is 30.7 Å². The van der Waals surface area contributed by atoms with Crippen LogP contribution in [0.2, 0.25) is 0 Å². The molecule has 0 spiro atoms. The number of nitrogens with zero attached hydrogens (tertiary/aromatic N) is 4. The summed E-state index contributed by atoms with van der Waals surface area (Å²) in [7, 11) is 1.60. The number of carboxylic acids is 1. The Kier molecular flexibility index (Phi) is 5.55. The number of pyridine rings is 2.